The summed E-state index contributed by atoms with van der Waals surface area (Å²) in [6.07, 6.45) is 4.01. The molecular formula is C25H37N5O3. The Labute approximate surface area is 196 Å². The molecule has 180 valence electrons. The van der Waals surface area contributed by atoms with E-state index in [4.69, 9.17) is 0 Å². The molecule has 3 aliphatic rings. The highest BCUT2D eigenvalue weighted by molar-refractivity contribution is 6.09. The van der Waals surface area contributed by atoms with Crippen molar-refractivity contribution in [1.29, 1.82) is 0 Å². The lowest BCUT2D eigenvalue weighted by Gasteiger charge is -2.36. The van der Waals surface area contributed by atoms with Crippen LogP contribution in [-0.2, 0) is 9.59 Å². The fourth-order valence-electron chi connectivity index (χ4n) is 5.20. The minimum absolute atomic E-state index is 0.197. The normalized spacial score (nSPS) is 26.1. The number of nitrogens with zero attached hydrogens (tertiary/aromatic N) is 3. The molecule has 1 aromatic carbocycles. The van der Waals surface area contributed by atoms with E-state index in [-0.39, 0.29) is 18.4 Å². The smallest absolute Gasteiger partial charge is 0.325 e. The zero-order valence-electron chi connectivity index (χ0n) is 19.9. The summed E-state index contributed by atoms with van der Waals surface area (Å²) >= 11 is 0. The van der Waals surface area contributed by atoms with Crippen molar-refractivity contribution in [1.82, 2.24) is 20.4 Å². The molecule has 2 aliphatic heterocycles. The van der Waals surface area contributed by atoms with Gasteiger partial charge in [-0.05, 0) is 69.2 Å². The Hall–Kier alpha value is -2.61. The molecule has 1 aliphatic carbocycles. The van der Waals surface area contributed by atoms with Gasteiger partial charge in [0, 0.05) is 38.4 Å². The molecule has 3 fully saturated rings. The Morgan fingerprint density at radius 1 is 1.15 bits per heavy atom. The van der Waals surface area contributed by atoms with E-state index in [0.29, 0.717) is 25.3 Å². The van der Waals surface area contributed by atoms with Crippen molar-refractivity contribution in [3.63, 3.8) is 0 Å². The van der Waals surface area contributed by atoms with Crippen molar-refractivity contribution in [2.75, 3.05) is 50.7 Å². The molecule has 0 unspecified atom stereocenters. The van der Waals surface area contributed by atoms with Crippen LogP contribution in [0.4, 0.5) is 10.5 Å². The van der Waals surface area contributed by atoms with Gasteiger partial charge in [-0.25, -0.2) is 4.79 Å². The van der Waals surface area contributed by atoms with Gasteiger partial charge in [0.2, 0.25) is 5.91 Å². The summed E-state index contributed by atoms with van der Waals surface area (Å²) in [5.41, 5.74) is 1.78. The van der Waals surface area contributed by atoms with Crippen LogP contribution in [0.25, 0.3) is 0 Å². The van der Waals surface area contributed by atoms with Crippen LogP contribution in [0.5, 0.6) is 0 Å². The third-order valence-electron chi connectivity index (χ3n) is 7.39. The van der Waals surface area contributed by atoms with Crippen LogP contribution in [0, 0.1) is 12.8 Å². The quantitative estimate of drug-likeness (QED) is 0.486. The van der Waals surface area contributed by atoms with Crippen LogP contribution >= 0.6 is 0 Å². The topological polar surface area (TPSA) is 85.0 Å². The first-order valence-corrected chi connectivity index (χ1v) is 12.3. The van der Waals surface area contributed by atoms with Gasteiger partial charge >= 0.3 is 6.03 Å². The largest absolute Gasteiger partial charge is 0.369 e. The molecule has 4 rings (SSSR count). The van der Waals surface area contributed by atoms with Crippen molar-refractivity contribution >= 4 is 23.5 Å². The van der Waals surface area contributed by atoms with Crippen molar-refractivity contribution in [3.05, 3.63) is 29.8 Å². The number of urea groups is 1. The number of benzene rings is 1. The number of anilines is 1. The molecule has 1 aromatic rings. The third kappa shape index (κ3) is 5.49. The monoisotopic (exact) mass is 455 g/mol. The van der Waals surface area contributed by atoms with Crippen LogP contribution in [-0.4, -0.2) is 79.0 Å². The maximum absolute atomic E-state index is 12.9. The Morgan fingerprint density at radius 3 is 2.58 bits per heavy atom. The molecule has 2 saturated heterocycles. The van der Waals surface area contributed by atoms with Gasteiger partial charge < -0.3 is 15.5 Å². The van der Waals surface area contributed by atoms with Crippen molar-refractivity contribution in [2.24, 2.45) is 5.92 Å². The van der Waals surface area contributed by atoms with E-state index in [9.17, 15) is 14.4 Å². The number of carbonyl (C=O) groups is 3. The molecule has 0 atom stereocenters. The zero-order valence-corrected chi connectivity index (χ0v) is 19.9. The molecule has 0 bridgehead atoms. The molecule has 0 radical (unpaired) electrons. The fraction of sp³-hybridized carbons (Fsp3) is 0.640. The lowest BCUT2D eigenvalue weighted by atomic mass is 9.77. The first-order valence-electron chi connectivity index (χ1n) is 12.3. The maximum Gasteiger partial charge on any atom is 0.325 e. The summed E-state index contributed by atoms with van der Waals surface area (Å²) in [7, 11) is 0. The van der Waals surface area contributed by atoms with Crippen LogP contribution in [0.15, 0.2) is 24.3 Å². The van der Waals surface area contributed by atoms with Crippen LogP contribution in [0.1, 0.15) is 44.6 Å². The number of rotatable bonds is 7. The number of carbonyl (C=O) groups excluding carboxylic acids is 3. The average Bonchev–Trinajstić information content (AvgIpc) is 3.03. The SMILES string of the molecule is Cc1cccc(N2CCN(CCCNC(=O)CN3C(=O)NC4(CCC(C)CC4)C3=O)CC2)c1. The first kappa shape index (κ1) is 23.5. The van der Waals surface area contributed by atoms with E-state index in [0.717, 1.165) is 56.9 Å². The van der Waals surface area contributed by atoms with Crippen LogP contribution < -0.4 is 15.5 Å². The molecule has 0 aromatic heterocycles. The Balaban J connectivity index is 1.14. The summed E-state index contributed by atoms with van der Waals surface area (Å²) < 4.78 is 0. The number of nitrogens with one attached hydrogen (secondary N) is 2. The van der Waals surface area contributed by atoms with Crippen molar-refractivity contribution in [2.45, 2.75) is 51.5 Å². The Morgan fingerprint density at radius 2 is 1.88 bits per heavy atom. The lowest BCUT2D eigenvalue weighted by molar-refractivity contribution is -0.136. The molecule has 1 saturated carbocycles. The number of aryl methyl sites for hydroxylation is 1. The van der Waals surface area contributed by atoms with E-state index >= 15 is 0 Å². The number of hydrogen-bond donors (Lipinski definition) is 2. The minimum Gasteiger partial charge on any atom is -0.369 e. The van der Waals surface area contributed by atoms with E-state index in [2.05, 4.69) is 58.5 Å². The summed E-state index contributed by atoms with van der Waals surface area (Å²) in [5, 5.41) is 5.75. The highest BCUT2D eigenvalue weighted by atomic mass is 16.2. The van der Waals surface area contributed by atoms with Crippen LogP contribution in [0.3, 0.4) is 0 Å². The van der Waals surface area contributed by atoms with Gasteiger partial charge in [0.25, 0.3) is 5.91 Å². The summed E-state index contributed by atoms with van der Waals surface area (Å²) in [6.45, 7) is 9.58. The molecule has 2 N–H and O–H groups in total. The summed E-state index contributed by atoms with van der Waals surface area (Å²) in [5.74, 6) is 0.0632. The number of piperazine rings is 1. The van der Waals surface area contributed by atoms with E-state index in [1.165, 1.54) is 11.3 Å². The maximum atomic E-state index is 12.9. The standard InChI is InChI=1S/C25H37N5O3/c1-19-7-9-25(10-8-19)23(32)30(24(33)27-25)18-22(31)26-11-4-12-28-13-15-29(16-14-28)21-6-3-5-20(2)17-21/h3,5-6,17,19H,4,7-16,18H2,1-2H3,(H,26,31)(H,27,33). The van der Waals surface area contributed by atoms with Crippen LogP contribution in [0.2, 0.25) is 0 Å². The highest BCUT2D eigenvalue weighted by Crippen LogP contribution is 2.36. The first-order chi connectivity index (χ1) is 15.9. The molecule has 2 heterocycles. The van der Waals surface area contributed by atoms with Gasteiger partial charge in [-0.3, -0.25) is 19.4 Å². The molecule has 4 amide bonds. The molecule has 8 nitrogen and oxygen atoms in total. The van der Waals surface area contributed by atoms with Gasteiger partial charge in [0.15, 0.2) is 0 Å². The molecular weight excluding hydrogens is 418 g/mol. The van der Waals surface area contributed by atoms with Gasteiger partial charge in [0.1, 0.15) is 12.1 Å². The second kappa shape index (κ2) is 10.1. The average molecular weight is 456 g/mol. The lowest BCUT2D eigenvalue weighted by Crippen LogP contribution is -2.50. The molecule has 8 heteroatoms. The Kier molecular flexibility index (Phi) is 7.22. The van der Waals surface area contributed by atoms with Crippen molar-refractivity contribution in [3.8, 4) is 0 Å². The highest BCUT2D eigenvalue weighted by Gasteiger charge is 2.52. The number of hydrogen-bond acceptors (Lipinski definition) is 5. The van der Waals surface area contributed by atoms with Gasteiger partial charge in [-0.2, -0.15) is 0 Å². The Bertz CT molecular complexity index is 873. The van der Waals surface area contributed by atoms with Crippen molar-refractivity contribution < 1.29 is 14.4 Å². The molecule has 33 heavy (non-hydrogen) atoms. The van der Waals surface area contributed by atoms with Gasteiger partial charge in [-0.1, -0.05) is 19.1 Å². The van der Waals surface area contributed by atoms with Gasteiger partial charge in [-0.15, -0.1) is 0 Å². The zero-order chi connectivity index (χ0) is 23.4. The number of amides is 4. The number of imide groups is 1. The molecule has 1 spiro atoms. The minimum atomic E-state index is -0.787. The van der Waals surface area contributed by atoms with Gasteiger partial charge in [0.05, 0.1) is 0 Å². The van der Waals surface area contributed by atoms with E-state index in [1.807, 2.05) is 0 Å². The predicted octanol–water partition coefficient (Wildman–Crippen LogP) is 2.12. The summed E-state index contributed by atoms with van der Waals surface area (Å²) in [4.78, 5) is 43.6. The second-order valence-corrected chi connectivity index (χ2v) is 9.96. The summed E-state index contributed by atoms with van der Waals surface area (Å²) in [6, 6.07) is 8.19. The predicted molar refractivity (Wildman–Crippen MR) is 128 cm³/mol. The van der Waals surface area contributed by atoms with E-state index in [1.54, 1.807) is 0 Å². The second-order valence-electron chi connectivity index (χ2n) is 9.96. The van der Waals surface area contributed by atoms with E-state index < -0.39 is 11.6 Å². The third-order valence-corrected chi connectivity index (χ3v) is 7.39. The fourth-order valence-corrected chi connectivity index (χ4v) is 5.20.